The van der Waals surface area contributed by atoms with Gasteiger partial charge in [0.05, 0.1) is 26.4 Å². The third-order valence-electron chi connectivity index (χ3n) is 4.83. The molecule has 0 aromatic rings. The van der Waals surface area contributed by atoms with Crippen LogP contribution in [0.1, 0.15) is 46.0 Å². The number of ether oxygens (including phenoxy) is 5. The first kappa shape index (κ1) is 14.7. The summed E-state index contributed by atoms with van der Waals surface area (Å²) in [5.74, 6) is -1.23. The summed E-state index contributed by atoms with van der Waals surface area (Å²) in [7, 11) is 0. The third-order valence-corrected chi connectivity index (χ3v) is 4.83. The largest absolute Gasteiger partial charge is 0.364 e. The Labute approximate surface area is 120 Å². The maximum atomic E-state index is 6.27. The summed E-state index contributed by atoms with van der Waals surface area (Å²) < 4.78 is 29.9. The predicted octanol–water partition coefficient (Wildman–Crippen LogP) is 2.23. The van der Waals surface area contributed by atoms with Crippen LogP contribution in [0.5, 0.6) is 0 Å². The Hall–Kier alpha value is -0.200. The van der Waals surface area contributed by atoms with Crippen molar-refractivity contribution < 1.29 is 23.7 Å². The molecule has 3 aliphatic rings. The zero-order chi connectivity index (χ0) is 14.1. The van der Waals surface area contributed by atoms with Gasteiger partial charge in [-0.1, -0.05) is 19.8 Å². The minimum atomic E-state index is -0.638. The van der Waals surface area contributed by atoms with E-state index in [-0.39, 0.29) is 0 Å². The fourth-order valence-electron chi connectivity index (χ4n) is 3.48. The van der Waals surface area contributed by atoms with E-state index < -0.39 is 17.2 Å². The van der Waals surface area contributed by atoms with Gasteiger partial charge in [0.2, 0.25) is 0 Å². The summed E-state index contributed by atoms with van der Waals surface area (Å²) in [5.41, 5.74) is -0.432. The van der Waals surface area contributed by atoms with E-state index in [2.05, 4.69) is 13.8 Å². The van der Waals surface area contributed by atoms with Crippen LogP contribution in [0, 0.1) is 0 Å². The summed E-state index contributed by atoms with van der Waals surface area (Å²) >= 11 is 0. The van der Waals surface area contributed by atoms with Gasteiger partial charge in [-0.15, -0.1) is 0 Å². The van der Waals surface area contributed by atoms with E-state index in [0.717, 1.165) is 32.1 Å². The minimum absolute atomic E-state index is 0.432. The Morgan fingerprint density at radius 3 is 2.15 bits per heavy atom. The molecule has 2 spiro atoms. The number of unbranched alkanes of at least 4 members (excludes halogenated alkanes) is 1. The zero-order valence-electron chi connectivity index (χ0n) is 12.6. The van der Waals surface area contributed by atoms with E-state index in [4.69, 9.17) is 23.7 Å². The lowest BCUT2D eigenvalue weighted by atomic mass is 9.86. The highest BCUT2D eigenvalue weighted by Gasteiger charge is 2.58. The fraction of sp³-hybridized carbons (Fsp3) is 1.00. The van der Waals surface area contributed by atoms with Crippen molar-refractivity contribution in [1.82, 2.24) is 0 Å². The molecule has 0 aromatic heterocycles. The molecule has 0 aromatic carbocycles. The lowest BCUT2D eigenvalue weighted by molar-refractivity contribution is -0.283. The Kier molecular flexibility index (Phi) is 4.08. The van der Waals surface area contributed by atoms with Crippen LogP contribution in [-0.4, -0.2) is 50.2 Å². The molecule has 0 N–H and O–H groups in total. The highest BCUT2D eigenvalue weighted by atomic mass is 16.8. The van der Waals surface area contributed by atoms with Crippen LogP contribution in [-0.2, 0) is 23.7 Å². The monoisotopic (exact) mass is 286 g/mol. The molecule has 1 unspecified atom stereocenters. The predicted molar refractivity (Wildman–Crippen MR) is 72.4 cm³/mol. The molecule has 5 heteroatoms. The van der Waals surface area contributed by atoms with Gasteiger partial charge in [-0.3, -0.25) is 0 Å². The Morgan fingerprint density at radius 2 is 1.50 bits per heavy atom. The molecule has 3 saturated heterocycles. The van der Waals surface area contributed by atoms with Crippen LogP contribution in [0.15, 0.2) is 0 Å². The Balaban J connectivity index is 1.81. The minimum Gasteiger partial charge on any atom is -0.364 e. The van der Waals surface area contributed by atoms with Crippen molar-refractivity contribution in [1.29, 1.82) is 0 Å². The van der Waals surface area contributed by atoms with Crippen molar-refractivity contribution in [2.24, 2.45) is 0 Å². The van der Waals surface area contributed by atoms with Crippen molar-refractivity contribution in [2.45, 2.75) is 63.1 Å². The van der Waals surface area contributed by atoms with Crippen LogP contribution in [0.4, 0.5) is 0 Å². The molecular formula is C15H26O5. The Bertz CT molecular complexity index is 333. The van der Waals surface area contributed by atoms with Crippen LogP contribution < -0.4 is 0 Å². The summed E-state index contributed by atoms with van der Waals surface area (Å²) in [6.07, 6.45) is 4.67. The molecule has 3 aliphatic heterocycles. The average molecular weight is 286 g/mol. The van der Waals surface area contributed by atoms with Gasteiger partial charge in [0.15, 0.2) is 11.6 Å². The highest BCUT2D eigenvalue weighted by molar-refractivity contribution is 4.99. The molecule has 3 rings (SSSR count). The molecule has 116 valence electrons. The van der Waals surface area contributed by atoms with Crippen molar-refractivity contribution in [3.8, 4) is 0 Å². The molecular weight excluding hydrogens is 260 g/mol. The molecule has 1 atom stereocenters. The molecule has 0 saturated carbocycles. The van der Waals surface area contributed by atoms with Crippen molar-refractivity contribution in [2.75, 3.05) is 33.0 Å². The van der Waals surface area contributed by atoms with Gasteiger partial charge < -0.3 is 23.7 Å². The van der Waals surface area contributed by atoms with Crippen LogP contribution in [0.2, 0.25) is 0 Å². The first-order valence-corrected chi connectivity index (χ1v) is 7.84. The molecule has 3 fully saturated rings. The number of rotatable bonds is 3. The van der Waals surface area contributed by atoms with E-state index in [9.17, 15) is 0 Å². The average Bonchev–Trinajstić information content (AvgIpc) is 3.09. The van der Waals surface area contributed by atoms with Gasteiger partial charge in [-0.2, -0.15) is 0 Å². The van der Waals surface area contributed by atoms with E-state index >= 15 is 0 Å². The van der Waals surface area contributed by atoms with Crippen molar-refractivity contribution >= 4 is 0 Å². The number of hydrogen-bond acceptors (Lipinski definition) is 5. The first-order chi connectivity index (χ1) is 9.64. The maximum Gasteiger partial charge on any atom is 0.197 e. The SMILES string of the molecule is CCCCC1(C)OCC2(CCC13OCCO3)OCCO2. The topological polar surface area (TPSA) is 46.2 Å². The zero-order valence-corrected chi connectivity index (χ0v) is 12.6. The van der Waals surface area contributed by atoms with E-state index in [1.165, 1.54) is 0 Å². The lowest BCUT2D eigenvalue weighted by Crippen LogP contribution is -2.54. The van der Waals surface area contributed by atoms with Crippen LogP contribution in [0.3, 0.4) is 0 Å². The molecule has 0 radical (unpaired) electrons. The van der Waals surface area contributed by atoms with Gasteiger partial charge in [-0.05, 0) is 13.3 Å². The molecule has 5 nitrogen and oxygen atoms in total. The van der Waals surface area contributed by atoms with Crippen molar-refractivity contribution in [3.05, 3.63) is 0 Å². The second-order valence-corrected chi connectivity index (χ2v) is 6.18. The summed E-state index contributed by atoms with van der Waals surface area (Å²) in [6, 6.07) is 0. The highest BCUT2D eigenvalue weighted by Crippen LogP contribution is 2.46. The maximum absolute atomic E-state index is 6.27. The normalized spacial score (nSPS) is 35.7. The van der Waals surface area contributed by atoms with E-state index in [1.807, 2.05) is 0 Å². The quantitative estimate of drug-likeness (QED) is 0.796. The molecule has 0 aliphatic carbocycles. The van der Waals surface area contributed by atoms with Crippen molar-refractivity contribution in [3.63, 3.8) is 0 Å². The Morgan fingerprint density at radius 1 is 0.850 bits per heavy atom. The van der Waals surface area contributed by atoms with Crippen LogP contribution >= 0.6 is 0 Å². The van der Waals surface area contributed by atoms with Gasteiger partial charge in [0.1, 0.15) is 12.2 Å². The summed E-state index contributed by atoms with van der Waals surface area (Å²) in [4.78, 5) is 0. The molecule has 20 heavy (non-hydrogen) atoms. The molecule has 0 bridgehead atoms. The fourth-order valence-corrected chi connectivity index (χ4v) is 3.48. The van der Waals surface area contributed by atoms with Gasteiger partial charge >= 0.3 is 0 Å². The van der Waals surface area contributed by atoms with E-state index in [0.29, 0.717) is 33.0 Å². The second-order valence-electron chi connectivity index (χ2n) is 6.18. The molecule has 3 heterocycles. The van der Waals surface area contributed by atoms with Crippen LogP contribution in [0.25, 0.3) is 0 Å². The van der Waals surface area contributed by atoms with E-state index in [1.54, 1.807) is 0 Å². The standard InChI is InChI=1S/C15H26O5/c1-3-4-5-13(2)15(18-10-11-19-15)7-6-14(12-20-13)16-8-9-17-14/h3-12H2,1-2H3. The smallest absolute Gasteiger partial charge is 0.197 e. The van der Waals surface area contributed by atoms with Gasteiger partial charge in [0.25, 0.3) is 0 Å². The summed E-state index contributed by atoms with van der Waals surface area (Å²) in [6.45, 7) is 7.32. The number of hydrogen-bond donors (Lipinski definition) is 0. The lowest BCUT2D eigenvalue weighted by Gasteiger charge is -2.42. The second kappa shape index (κ2) is 5.54. The summed E-state index contributed by atoms with van der Waals surface area (Å²) in [5, 5.41) is 0. The molecule has 0 amide bonds. The van der Waals surface area contributed by atoms with Gasteiger partial charge in [0, 0.05) is 12.8 Å². The van der Waals surface area contributed by atoms with Gasteiger partial charge in [-0.25, -0.2) is 0 Å². The third kappa shape index (κ3) is 2.40. The first-order valence-electron chi connectivity index (χ1n) is 7.84.